The number of rotatable bonds is 5. The molecule has 4 heterocycles. The van der Waals surface area contributed by atoms with Crippen LogP contribution in [0, 0.1) is 0 Å². The Kier molecular flexibility index (Phi) is 4.02. The van der Waals surface area contributed by atoms with Gasteiger partial charge in [0.1, 0.15) is 23.0 Å². The third kappa shape index (κ3) is 2.92. The van der Waals surface area contributed by atoms with Crippen LogP contribution in [0.1, 0.15) is 30.5 Å². The van der Waals surface area contributed by atoms with Crippen molar-refractivity contribution in [3.8, 4) is 0 Å². The second kappa shape index (κ2) is 6.21. The van der Waals surface area contributed by atoms with Gasteiger partial charge in [0, 0.05) is 31.4 Å². The fourth-order valence-corrected chi connectivity index (χ4v) is 4.50. The van der Waals surface area contributed by atoms with Crippen LogP contribution in [-0.2, 0) is 27.9 Å². The number of aromatic amines is 1. The van der Waals surface area contributed by atoms with E-state index in [9.17, 15) is 8.42 Å². The van der Waals surface area contributed by atoms with E-state index in [0.29, 0.717) is 35.7 Å². The lowest BCUT2D eigenvalue weighted by atomic mass is 10.1. The summed E-state index contributed by atoms with van der Waals surface area (Å²) in [6.45, 7) is 1.02. The monoisotopic (exact) mass is 362 g/mol. The lowest BCUT2D eigenvalue weighted by molar-refractivity contribution is 0.177. The van der Waals surface area contributed by atoms with Crippen LogP contribution >= 0.6 is 0 Å². The van der Waals surface area contributed by atoms with E-state index in [1.807, 2.05) is 0 Å². The first-order valence-electron chi connectivity index (χ1n) is 7.95. The molecule has 0 radical (unpaired) electrons. The van der Waals surface area contributed by atoms with Gasteiger partial charge in [0.25, 0.3) is 0 Å². The quantitative estimate of drug-likeness (QED) is 0.703. The third-order valence-corrected chi connectivity index (χ3v) is 5.70. The average molecular weight is 362 g/mol. The number of pyridine rings is 1. The second-order valence-electron chi connectivity index (χ2n) is 5.91. The van der Waals surface area contributed by atoms with Crippen LogP contribution in [0.4, 0.5) is 0 Å². The zero-order chi connectivity index (χ0) is 17.4. The predicted octanol–water partition coefficient (Wildman–Crippen LogP) is 1.11. The van der Waals surface area contributed by atoms with Crippen LogP contribution in [0.15, 0.2) is 29.4 Å². The first kappa shape index (κ1) is 16.2. The number of aromatic nitrogens is 5. The van der Waals surface area contributed by atoms with Gasteiger partial charge in [-0.05, 0) is 25.0 Å². The molecule has 0 aliphatic carbocycles. The molecule has 0 saturated heterocycles. The van der Waals surface area contributed by atoms with Crippen LogP contribution in [0.3, 0.4) is 0 Å². The summed E-state index contributed by atoms with van der Waals surface area (Å²) in [7, 11) is -2.15. The van der Waals surface area contributed by atoms with Gasteiger partial charge in [-0.2, -0.15) is 5.10 Å². The summed E-state index contributed by atoms with van der Waals surface area (Å²) in [6, 6.07) is 3.02. The second-order valence-corrected chi connectivity index (χ2v) is 7.59. The highest BCUT2D eigenvalue weighted by molar-refractivity contribution is 7.89. The van der Waals surface area contributed by atoms with Crippen molar-refractivity contribution in [1.29, 1.82) is 0 Å². The minimum atomic E-state index is -3.72. The van der Waals surface area contributed by atoms with Gasteiger partial charge >= 0.3 is 0 Å². The predicted molar refractivity (Wildman–Crippen MR) is 89.1 cm³/mol. The van der Waals surface area contributed by atoms with Crippen molar-refractivity contribution in [2.24, 2.45) is 0 Å². The van der Waals surface area contributed by atoms with Gasteiger partial charge in [0.2, 0.25) is 10.0 Å². The number of ether oxygens (including phenoxy) is 1. The van der Waals surface area contributed by atoms with E-state index in [2.05, 4.69) is 24.8 Å². The Morgan fingerprint density at radius 3 is 3.20 bits per heavy atom. The lowest BCUT2D eigenvalue weighted by Crippen LogP contribution is -2.33. The Morgan fingerprint density at radius 1 is 1.48 bits per heavy atom. The van der Waals surface area contributed by atoms with Gasteiger partial charge in [0.15, 0.2) is 5.82 Å². The van der Waals surface area contributed by atoms with Crippen LogP contribution in [-0.4, -0.2) is 40.3 Å². The highest BCUT2D eigenvalue weighted by Crippen LogP contribution is 2.27. The molecular formula is C15H18N6O3S. The van der Waals surface area contributed by atoms with Gasteiger partial charge in [-0.3, -0.25) is 0 Å². The molecule has 0 bridgehead atoms. The molecule has 4 rings (SSSR count). The first-order valence-corrected chi connectivity index (χ1v) is 9.44. The maximum absolute atomic E-state index is 12.9. The normalized spacial score (nSPS) is 17.7. The molecule has 1 aliphatic rings. The van der Waals surface area contributed by atoms with Gasteiger partial charge in [0.05, 0.1) is 6.04 Å². The number of fused-ring (bicyclic) bond motifs is 2. The number of nitrogens with zero attached hydrogens (tertiary/aromatic N) is 4. The maximum Gasteiger partial charge on any atom is 0.243 e. The number of hydrogen-bond donors (Lipinski definition) is 2. The summed E-state index contributed by atoms with van der Waals surface area (Å²) in [6.07, 6.45) is 4.57. The van der Waals surface area contributed by atoms with E-state index in [4.69, 9.17) is 4.74 Å². The molecule has 1 atom stereocenters. The van der Waals surface area contributed by atoms with Crippen LogP contribution in [0.25, 0.3) is 11.0 Å². The van der Waals surface area contributed by atoms with Gasteiger partial charge in [-0.25, -0.2) is 27.8 Å². The van der Waals surface area contributed by atoms with E-state index in [1.54, 1.807) is 30.1 Å². The molecular weight excluding hydrogens is 344 g/mol. The molecule has 25 heavy (non-hydrogen) atoms. The van der Waals surface area contributed by atoms with Crippen LogP contribution in [0.5, 0.6) is 0 Å². The first-order chi connectivity index (χ1) is 12.1. The van der Waals surface area contributed by atoms with E-state index in [0.717, 1.165) is 13.0 Å². The number of aryl methyl sites for hydroxylation is 1. The highest BCUT2D eigenvalue weighted by atomic mass is 32.2. The molecule has 1 aliphatic heterocycles. The van der Waals surface area contributed by atoms with Crippen molar-refractivity contribution in [2.45, 2.75) is 36.9 Å². The zero-order valence-corrected chi connectivity index (χ0v) is 14.5. The van der Waals surface area contributed by atoms with Crippen molar-refractivity contribution >= 4 is 21.1 Å². The van der Waals surface area contributed by atoms with Crippen LogP contribution in [0.2, 0.25) is 0 Å². The minimum Gasteiger partial charge on any atom is -0.377 e. The Hall–Kier alpha value is -2.30. The van der Waals surface area contributed by atoms with Gasteiger partial charge < -0.3 is 9.72 Å². The molecule has 0 amide bonds. The summed E-state index contributed by atoms with van der Waals surface area (Å²) < 4.78 is 35.3. The van der Waals surface area contributed by atoms with E-state index in [-0.39, 0.29) is 4.90 Å². The van der Waals surface area contributed by atoms with Crippen molar-refractivity contribution in [1.82, 2.24) is 29.5 Å². The molecule has 9 nitrogen and oxygen atoms in total. The van der Waals surface area contributed by atoms with Crippen molar-refractivity contribution in [3.05, 3.63) is 36.2 Å². The standard InChI is InChI=1S/C15H18N6O3S/c1-24-9-13-18-15-11(5-3-7-21(15)19-13)20-25(22,23)12-8-17-14-10(12)4-2-6-16-14/h2,4,6,8,11,20H,3,5,7,9H2,1H3,(H,16,17). The van der Waals surface area contributed by atoms with Crippen molar-refractivity contribution < 1.29 is 13.2 Å². The molecule has 3 aromatic heterocycles. The Labute approximate surface area is 144 Å². The molecule has 0 fully saturated rings. The zero-order valence-electron chi connectivity index (χ0n) is 13.6. The lowest BCUT2D eigenvalue weighted by Gasteiger charge is -2.22. The molecule has 0 aromatic carbocycles. The number of nitrogens with one attached hydrogen (secondary N) is 2. The minimum absolute atomic E-state index is 0.185. The van der Waals surface area contributed by atoms with Crippen molar-refractivity contribution in [3.63, 3.8) is 0 Å². The molecule has 2 N–H and O–H groups in total. The SMILES string of the molecule is COCc1nc2n(n1)CCCC2NS(=O)(=O)c1c[nH]c2ncccc12. The maximum atomic E-state index is 12.9. The van der Waals surface area contributed by atoms with Gasteiger partial charge in [-0.15, -0.1) is 0 Å². The fraction of sp³-hybridized carbons (Fsp3) is 0.400. The average Bonchev–Trinajstić information content (AvgIpc) is 3.19. The summed E-state index contributed by atoms with van der Waals surface area (Å²) in [4.78, 5) is 11.6. The smallest absolute Gasteiger partial charge is 0.243 e. The van der Waals surface area contributed by atoms with Gasteiger partial charge in [-0.1, -0.05) is 0 Å². The Morgan fingerprint density at radius 2 is 2.36 bits per heavy atom. The summed E-state index contributed by atoms with van der Waals surface area (Å²) in [5, 5.41) is 4.93. The molecule has 0 saturated carbocycles. The van der Waals surface area contributed by atoms with E-state index >= 15 is 0 Å². The number of H-pyrrole nitrogens is 1. The summed E-state index contributed by atoms with van der Waals surface area (Å²) in [5.41, 5.74) is 0.539. The van der Waals surface area contributed by atoms with Crippen molar-refractivity contribution in [2.75, 3.05) is 7.11 Å². The Bertz CT molecular complexity index is 1010. The highest BCUT2D eigenvalue weighted by Gasteiger charge is 2.30. The molecule has 1 unspecified atom stereocenters. The summed E-state index contributed by atoms with van der Waals surface area (Å²) >= 11 is 0. The molecule has 10 heteroatoms. The molecule has 3 aromatic rings. The molecule has 0 spiro atoms. The summed E-state index contributed by atoms with van der Waals surface area (Å²) in [5.74, 6) is 1.18. The topological polar surface area (TPSA) is 115 Å². The molecule has 132 valence electrons. The third-order valence-electron chi connectivity index (χ3n) is 4.19. The van der Waals surface area contributed by atoms with E-state index < -0.39 is 16.1 Å². The fourth-order valence-electron chi connectivity index (χ4n) is 3.11. The van der Waals surface area contributed by atoms with E-state index in [1.165, 1.54) is 6.20 Å². The Balaban J connectivity index is 1.66. The van der Waals surface area contributed by atoms with Crippen LogP contribution < -0.4 is 4.72 Å². The number of sulfonamides is 1. The largest absolute Gasteiger partial charge is 0.377 e. The number of methoxy groups -OCH3 is 1. The number of hydrogen-bond acceptors (Lipinski definition) is 6.